The van der Waals surface area contributed by atoms with Gasteiger partial charge in [-0.15, -0.1) is 0 Å². The number of nitrogens with one attached hydrogen (secondary N) is 2. The highest BCUT2D eigenvalue weighted by molar-refractivity contribution is 7.89. The largest absolute Gasteiger partial charge is 0.492 e. The summed E-state index contributed by atoms with van der Waals surface area (Å²) in [5.74, 6) is 0.0222. The molecule has 3 rings (SSSR count). The highest BCUT2D eigenvalue weighted by atomic mass is 35.5. The van der Waals surface area contributed by atoms with Crippen molar-refractivity contribution in [3.63, 3.8) is 0 Å². The Bertz CT molecular complexity index is 1200. The summed E-state index contributed by atoms with van der Waals surface area (Å²) in [5.41, 5.74) is 2.03. The Kier molecular flexibility index (Phi) is 9.72. The number of ether oxygens (including phenoxy) is 1. The highest BCUT2D eigenvalue weighted by Crippen LogP contribution is 2.27. The Balaban J connectivity index is 1.74. The number of aryl methyl sites for hydroxylation is 1. The Morgan fingerprint density at radius 3 is 2.20 bits per heavy atom. The number of rotatable bonds is 12. The van der Waals surface area contributed by atoms with Crippen LogP contribution in [0.3, 0.4) is 0 Å². The lowest BCUT2D eigenvalue weighted by molar-refractivity contribution is -0.123. The Hall–Kier alpha value is -2.87. The minimum atomic E-state index is -4.02. The lowest BCUT2D eigenvalue weighted by Crippen LogP contribution is -2.50. The van der Waals surface area contributed by atoms with Crippen molar-refractivity contribution in [2.45, 2.75) is 50.1 Å². The van der Waals surface area contributed by atoms with E-state index in [9.17, 15) is 13.2 Å². The fourth-order valence-corrected chi connectivity index (χ4v) is 5.18. The zero-order chi connectivity index (χ0) is 25.3. The molecule has 6 nitrogen and oxygen atoms in total. The lowest BCUT2D eigenvalue weighted by atomic mass is 10.0. The second-order valence-corrected chi connectivity index (χ2v) is 10.4. The number of amides is 1. The van der Waals surface area contributed by atoms with Crippen LogP contribution >= 0.6 is 11.6 Å². The predicted octanol–water partition coefficient (Wildman–Crippen LogP) is 4.77. The minimum Gasteiger partial charge on any atom is -0.492 e. The van der Waals surface area contributed by atoms with Gasteiger partial charge in [-0.05, 0) is 62.4 Å². The second kappa shape index (κ2) is 12.7. The maximum Gasteiger partial charge on any atom is 0.241 e. The average molecular weight is 515 g/mol. The third kappa shape index (κ3) is 8.09. The molecule has 0 unspecified atom stereocenters. The molecular weight excluding hydrogens is 484 g/mol. The molecule has 8 heteroatoms. The van der Waals surface area contributed by atoms with Crippen LogP contribution < -0.4 is 14.8 Å². The summed E-state index contributed by atoms with van der Waals surface area (Å²) in [6.45, 7) is 4.14. The molecule has 186 valence electrons. The van der Waals surface area contributed by atoms with Gasteiger partial charge >= 0.3 is 0 Å². The van der Waals surface area contributed by atoms with E-state index in [-0.39, 0.29) is 28.3 Å². The van der Waals surface area contributed by atoms with E-state index in [1.807, 2.05) is 74.5 Å². The van der Waals surface area contributed by atoms with Crippen molar-refractivity contribution in [1.29, 1.82) is 0 Å². The smallest absolute Gasteiger partial charge is 0.241 e. The van der Waals surface area contributed by atoms with Crippen molar-refractivity contribution in [3.8, 4) is 5.75 Å². The van der Waals surface area contributed by atoms with Crippen LogP contribution in [0.15, 0.2) is 83.8 Å². The number of hydrogen-bond donors (Lipinski definition) is 2. The van der Waals surface area contributed by atoms with Gasteiger partial charge < -0.3 is 10.1 Å². The second-order valence-electron chi connectivity index (χ2n) is 8.32. The summed E-state index contributed by atoms with van der Waals surface area (Å²) >= 11 is 6.20. The molecule has 0 radical (unpaired) electrons. The first-order valence-electron chi connectivity index (χ1n) is 11.6. The number of carbonyl (C=O) groups is 1. The summed E-state index contributed by atoms with van der Waals surface area (Å²) in [6, 6.07) is 22.5. The summed E-state index contributed by atoms with van der Waals surface area (Å²) in [5, 5.41) is 3.16. The van der Waals surface area contributed by atoms with Crippen LogP contribution in [0.4, 0.5) is 0 Å². The topological polar surface area (TPSA) is 84.5 Å². The van der Waals surface area contributed by atoms with E-state index < -0.39 is 16.1 Å². The van der Waals surface area contributed by atoms with Crippen LogP contribution in [0.2, 0.25) is 5.02 Å². The van der Waals surface area contributed by atoms with Crippen molar-refractivity contribution in [3.05, 3.63) is 95.0 Å². The first-order chi connectivity index (χ1) is 16.8. The molecule has 0 spiro atoms. The summed E-state index contributed by atoms with van der Waals surface area (Å²) in [6.07, 6.45) is 1.75. The minimum absolute atomic E-state index is 0.0334. The van der Waals surface area contributed by atoms with E-state index in [2.05, 4.69) is 10.0 Å². The van der Waals surface area contributed by atoms with Crippen molar-refractivity contribution in [1.82, 2.24) is 10.0 Å². The van der Waals surface area contributed by atoms with Gasteiger partial charge in [0.15, 0.2) is 0 Å². The molecular formula is C27H31ClN2O4S. The molecule has 0 aliphatic carbocycles. The van der Waals surface area contributed by atoms with E-state index in [0.29, 0.717) is 12.4 Å². The quantitative estimate of drug-likeness (QED) is 0.365. The highest BCUT2D eigenvalue weighted by Gasteiger charge is 2.27. The molecule has 0 saturated carbocycles. The molecule has 0 saturated heterocycles. The van der Waals surface area contributed by atoms with Crippen molar-refractivity contribution in [2.24, 2.45) is 0 Å². The number of halogens is 1. The molecule has 3 aromatic carbocycles. The molecule has 0 aliphatic rings. The molecule has 2 N–H and O–H groups in total. The van der Waals surface area contributed by atoms with E-state index >= 15 is 0 Å². The third-order valence-electron chi connectivity index (χ3n) is 5.51. The zero-order valence-electron chi connectivity index (χ0n) is 19.9. The van der Waals surface area contributed by atoms with Crippen molar-refractivity contribution >= 4 is 27.5 Å². The Labute approximate surface area is 212 Å². The van der Waals surface area contributed by atoms with E-state index in [4.69, 9.17) is 16.3 Å². The monoisotopic (exact) mass is 514 g/mol. The molecule has 1 amide bonds. The van der Waals surface area contributed by atoms with Gasteiger partial charge in [0.2, 0.25) is 15.9 Å². The molecule has 0 fully saturated rings. The molecule has 3 aromatic rings. The zero-order valence-corrected chi connectivity index (χ0v) is 21.5. The third-order valence-corrected chi connectivity index (χ3v) is 7.27. The van der Waals surface area contributed by atoms with E-state index in [0.717, 1.165) is 18.4 Å². The van der Waals surface area contributed by atoms with Gasteiger partial charge in [0.1, 0.15) is 11.8 Å². The van der Waals surface area contributed by atoms with Gasteiger partial charge in [0, 0.05) is 6.04 Å². The van der Waals surface area contributed by atoms with Gasteiger partial charge in [-0.1, -0.05) is 72.3 Å². The van der Waals surface area contributed by atoms with Crippen LogP contribution in [0.1, 0.15) is 31.4 Å². The molecule has 0 aromatic heterocycles. The van der Waals surface area contributed by atoms with Gasteiger partial charge in [0.05, 0.1) is 16.5 Å². The maximum absolute atomic E-state index is 13.2. The average Bonchev–Trinajstić information content (AvgIpc) is 2.85. The maximum atomic E-state index is 13.2. The fourth-order valence-electron chi connectivity index (χ4n) is 3.66. The van der Waals surface area contributed by atoms with Crippen LogP contribution in [-0.4, -0.2) is 33.0 Å². The summed E-state index contributed by atoms with van der Waals surface area (Å²) in [7, 11) is -4.02. The van der Waals surface area contributed by atoms with Crippen LogP contribution in [-0.2, 0) is 27.7 Å². The number of benzene rings is 3. The summed E-state index contributed by atoms with van der Waals surface area (Å²) in [4.78, 5) is 13.2. The lowest BCUT2D eigenvalue weighted by Gasteiger charge is -2.22. The first-order valence-corrected chi connectivity index (χ1v) is 13.5. The molecule has 0 aliphatic heterocycles. The number of carbonyl (C=O) groups excluding carboxylic acids is 1. The van der Waals surface area contributed by atoms with E-state index in [1.165, 1.54) is 23.8 Å². The fraction of sp³-hybridized carbons (Fsp3) is 0.296. The number of hydrogen-bond acceptors (Lipinski definition) is 4. The van der Waals surface area contributed by atoms with Crippen LogP contribution in [0.5, 0.6) is 5.75 Å². The number of sulfonamides is 1. The van der Waals surface area contributed by atoms with Gasteiger partial charge in [-0.3, -0.25) is 4.79 Å². The van der Waals surface area contributed by atoms with Crippen molar-refractivity contribution in [2.75, 3.05) is 6.61 Å². The Morgan fingerprint density at radius 2 is 1.60 bits per heavy atom. The van der Waals surface area contributed by atoms with Crippen LogP contribution in [0.25, 0.3) is 0 Å². The normalized spacial score (nSPS) is 13.1. The Morgan fingerprint density at radius 1 is 0.971 bits per heavy atom. The molecule has 0 bridgehead atoms. The van der Waals surface area contributed by atoms with Gasteiger partial charge in [-0.25, -0.2) is 8.42 Å². The van der Waals surface area contributed by atoms with Crippen molar-refractivity contribution < 1.29 is 17.9 Å². The molecule has 0 heterocycles. The van der Waals surface area contributed by atoms with E-state index in [1.54, 1.807) is 0 Å². The first kappa shape index (κ1) is 26.7. The van der Waals surface area contributed by atoms with Gasteiger partial charge in [0.25, 0.3) is 0 Å². The molecule has 35 heavy (non-hydrogen) atoms. The molecule has 2 atom stereocenters. The van der Waals surface area contributed by atoms with Gasteiger partial charge in [-0.2, -0.15) is 4.72 Å². The van der Waals surface area contributed by atoms with Crippen LogP contribution in [0, 0.1) is 0 Å². The standard InChI is InChI=1S/C27H31ClN2O4S/c1-3-34-26-17-16-23(19-24(26)28)35(32,33)30-25(18-22-12-8-5-9-13-22)27(31)29-20(2)14-15-21-10-6-4-7-11-21/h4-13,16-17,19-20,25,30H,3,14-15,18H2,1-2H3,(H,29,31)/t20-,25+/m1/s1. The SMILES string of the molecule is CCOc1ccc(S(=O)(=O)N[C@@H](Cc2ccccc2)C(=O)N[C@H](C)CCc2ccccc2)cc1Cl. The predicted molar refractivity (Wildman–Crippen MR) is 139 cm³/mol. The summed E-state index contributed by atoms with van der Waals surface area (Å²) < 4.78 is 34.3.